The maximum atomic E-state index is 11.9. The van der Waals surface area contributed by atoms with Crippen LogP contribution in [0, 0.1) is 0 Å². The molecule has 0 spiro atoms. The van der Waals surface area contributed by atoms with Crippen molar-refractivity contribution < 1.29 is 21.6 Å². The SMILES string of the molecule is CN(CCS(C)(=O)=O)S(=O)(=O)CCOc1cccc(N)c1. The second-order valence-corrected chi connectivity index (χ2v) is 9.14. The van der Waals surface area contributed by atoms with Crippen molar-refractivity contribution in [2.75, 3.05) is 43.7 Å². The molecule has 7 nitrogen and oxygen atoms in total. The van der Waals surface area contributed by atoms with Gasteiger partial charge in [0.15, 0.2) is 0 Å². The van der Waals surface area contributed by atoms with Crippen LogP contribution >= 0.6 is 0 Å². The van der Waals surface area contributed by atoms with Crippen LogP contribution in [-0.4, -0.2) is 59.1 Å². The van der Waals surface area contributed by atoms with Crippen LogP contribution in [0.3, 0.4) is 0 Å². The van der Waals surface area contributed by atoms with Crippen molar-refractivity contribution in [2.45, 2.75) is 0 Å². The number of benzene rings is 1. The van der Waals surface area contributed by atoms with Gasteiger partial charge in [-0.15, -0.1) is 0 Å². The lowest BCUT2D eigenvalue weighted by Gasteiger charge is -2.16. The number of ether oxygens (including phenoxy) is 1. The van der Waals surface area contributed by atoms with Crippen LogP contribution in [0.5, 0.6) is 5.75 Å². The molecule has 0 radical (unpaired) electrons. The van der Waals surface area contributed by atoms with Crippen LogP contribution < -0.4 is 10.5 Å². The van der Waals surface area contributed by atoms with Gasteiger partial charge in [0.25, 0.3) is 0 Å². The predicted octanol–water partition coefficient (Wildman–Crippen LogP) is -0.0462. The summed E-state index contributed by atoms with van der Waals surface area (Å²) in [6.07, 6.45) is 1.07. The molecule has 0 saturated heterocycles. The van der Waals surface area contributed by atoms with Crippen molar-refractivity contribution in [3.05, 3.63) is 24.3 Å². The van der Waals surface area contributed by atoms with Gasteiger partial charge in [0.1, 0.15) is 22.2 Å². The summed E-state index contributed by atoms with van der Waals surface area (Å²) >= 11 is 0. The number of rotatable bonds is 8. The topological polar surface area (TPSA) is 107 Å². The van der Waals surface area contributed by atoms with Gasteiger partial charge in [0.2, 0.25) is 10.0 Å². The Bertz CT molecular complexity index is 671. The normalized spacial score (nSPS) is 12.5. The highest BCUT2D eigenvalue weighted by Gasteiger charge is 2.19. The Labute approximate surface area is 125 Å². The Kier molecular flexibility index (Phi) is 5.99. The lowest BCUT2D eigenvalue weighted by atomic mass is 10.3. The molecule has 1 rings (SSSR count). The van der Waals surface area contributed by atoms with Gasteiger partial charge in [-0.25, -0.2) is 21.1 Å². The zero-order valence-electron chi connectivity index (χ0n) is 12.0. The summed E-state index contributed by atoms with van der Waals surface area (Å²) in [5, 5.41) is 0. The summed E-state index contributed by atoms with van der Waals surface area (Å²) in [5.41, 5.74) is 6.11. The Morgan fingerprint density at radius 1 is 1.19 bits per heavy atom. The maximum Gasteiger partial charge on any atom is 0.217 e. The molecular formula is C12H20N2O5S2. The minimum Gasteiger partial charge on any atom is -0.492 e. The van der Waals surface area contributed by atoms with Gasteiger partial charge in [-0.05, 0) is 12.1 Å². The Balaban J connectivity index is 2.49. The summed E-state index contributed by atoms with van der Waals surface area (Å²) in [5.74, 6) is 0.0462. The second kappa shape index (κ2) is 7.10. The van der Waals surface area contributed by atoms with Crippen molar-refractivity contribution in [1.82, 2.24) is 4.31 Å². The van der Waals surface area contributed by atoms with E-state index in [9.17, 15) is 16.8 Å². The van der Waals surface area contributed by atoms with Crippen molar-refractivity contribution >= 4 is 25.5 Å². The molecule has 0 saturated carbocycles. The van der Waals surface area contributed by atoms with E-state index in [1.54, 1.807) is 24.3 Å². The molecule has 2 N–H and O–H groups in total. The first-order valence-corrected chi connectivity index (χ1v) is 9.87. The van der Waals surface area contributed by atoms with E-state index in [1.165, 1.54) is 7.05 Å². The number of sulfonamides is 1. The quantitative estimate of drug-likeness (QED) is 0.667. The highest BCUT2D eigenvalue weighted by molar-refractivity contribution is 7.91. The number of nitrogens with zero attached hydrogens (tertiary/aromatic N) is 1. The zero-order chi connectivity index (χ0) is 16.1. The van der Waals surface area contributed by atoms with E-state index in [4.69, 9.17) is 10.5 Å². The van der Waals surface area contributed by atoms with Gasteiger partial charge in [-0.3, -0.25) is 0 Å². The molecule has 0 fully saturated rings. The van der Waals surface area contributed by atoms with Crippen molar-refractivity contribution in [3.63, 3.8) is 0 Å². The van der Waals surface area contributed by atoms with Crippen molar-refractivity contribution in [1.29, 1.82) is 0 Å². The van der Waals surface area contributed by atoms with Crippen LogP contribution in [0.15, 0.2) is 24.3 Å². The van der Waals surface area contributed by atoms with Crippen LogP contribution in [0.25, 0.3) is 0 Å². The number of hydrogen-bond acceptors (Lipinski definition) is 6. The fraction of sp³-hybridized carbons (Fsp3) is 0.500. The van der Waals surface area contributed by atoms with E-state index in [2.05, 4.69) is 0 Å². The van der Waals surface area contributed by atoms with E-state index in [0.717, 1.165) is 10.6 Å². The lowest BCUT2D eigenvalue weighted by molar-refractivity contribution is 0.337. The Morgan fingerprint density at radius 3 is 2.43 bits per heavy atom. The first kappa shape index (κ1) is 17.7. The molecule has 0 aliphatic heterocycles. The summed E-state index contributed by atoms with van der Waals surface area (Å²) in [6, 6.07) is 6.68. The summed E-state index contributed by atoms with van der Waals surface area (Å²) < 4.78 is 52.3. The second-order valence-electron chi connectivity index (χ2n) is 4.69. The fourth-order valence-corrected chi connectivity index (χ4v) is 3.15. The van der Waals surface area contributed by atoms with E-state index in [1.807, 2.05) is 0 Å². The van der Waals surface area contributed by atoms with E-state index in [-0.39, 0.29) is 24.7 Å². The Hall–Kier alpha value is -1.32. The number of nitrogens with two attached hydrogens (primary N) is 1. The number of sulfone groups is 1. The average molecular weight is 336 g/mol. The van der Waals surface area contributed by atoms with Gasteiger partial charge in [-0.1, -0.05) is 6.07 Å². The Morgan fingerprint density at radius 2 is 1.86 bits per heavy atom. The van der Waals surface area contributed by atoms with Crippen molar-refractivity contribution in [2.24, 2.45) is 0 Å². The van der Waals surface area contributed by atoms with Gasteiger partial charge < -0.3 is 10.5 Å². The van der Waals surface area contributed by atoms with Crippen LogP contribution in [0.4, 0.5) is 5.69 Å². The van der Waals surface area contributed by atoms with Gasteiger partial charge >= 0.3 is 0 Å². The van der Waals surface area contributed by atoms with E-state index in [0.29, 0.717) is 11.4 Å². The molecule has 0 bridgehead atoms. The largest absolute Gasteiger partial charge is 0.492 e. The first-order chi connectivity index (χ1) is 9.60. The highest BCUT2D eigenvalue weighted by Crippen LogP contribution is 2.14. The molecule has 0 aliphatic carbocycles. The third-order valence-electron chi connectivity index (χ3n) is 2.72. The zero-order valence-corrected chi connectivity index (χ0v) is 13.7. The average Bonchev–Trinajstić information content (AvgIpc) is 2.35. The molecule has 0 heterocycles. The van der Waals surface area contributed by atoms with Crippen molar-refractivity contribution in [3.8, 4) is 5.75 Å². The maximum absolute atomic E-state index is 11.9. The standard InChI is InChI=1S/C12H20N2O5S2/c1-14(6-8-20(2,15)16)21(17,18)9-7-19-12-5-3-4-11(13)10-12/h3-5,10H,6-9,13H2,1-2H3. The predicted molar refractivity (Wildman–Crippen MR) is 82.5 cm³/mol. The van der Waals surface area contributed by atoms with Crippen LogP contribution in [0.2, 0.25) is 0 Å². The highest BCUT2D eigenvalue weighted by atomic mass is 32.2. The molecule has 120 valence electrons. The smallest absolute Gasteiger partial charge is 0.217 e. The monoisotopic (exact) mass is 336 g/mol. The molecule has 0 atom stereocenters. The lowest BCUT2D eigenvalue weighted by Crippen LogP contribution is -2.34. The van der Waals surface area contributed by atoms with Gasteiger partial charge in [-0.2, -0.15) is 0 Å². The molecule has 21 heavy (non-hydrogen) atoms. The fourth-order valence-electron chi connectivity index (χ4n) is 1.46. The number of nitrogen functional groups attached to an aromatic ring is 1. The number of hydrogen-bond donors (Lipinski definition) is 1. The molecule has 0 aliphatic rings. The molecule has 9 heteroatoms. The molecule has 0 unspecified atom stereocenters. The van der Waals surface area contributed by atoms with E-state index < -0.39 is 19.9 Å². The summed E-state index contributed by atoms with van der Waals surface area (Å²) in [6.45, 7) is -0.103. The number of anilines is 1. The molecule has 0 amide bonds. The minimum atomic E-state index is -3.55. The first-order valence-electron chi connectivity index (χ1n) is 6.20. The van der Waals surface area contributed by atoms with Gasteiger partial charge in [0.05, 0.1) is 11.5 Å². The minimum absolute atomic E-state index is 0.0327. The van der Waals surface area contributed by atoms with Crippen LogP contribution in [-0.2, 0) is 19.9 Å². The molecular weight excluding hydrogens is 316 g/mol. The molecule has 0 aromatic heterocycles. The molecule has 1 aromatic rings. The van der Waals surface area contributed by atoms with E-state index >= 15 is 0 Å². The van der Waals surface area contributed by atoms with Gasteiger partial charge in [0, 0.05) is 31.6 Å². The third-order valence-corrected chi connectivity index (χ3v) is 5.46. The summed E-state index contributed by atoms with van der Waals surface area (Å²) in [4.78, 5) is 0. The summed E-state index contributed by atoms with van der Waals surface area (Å²) in [7, 11) is -5.40. The van der Waals surface area contributed by atoms with Crippen LogP contribution in [0.1, 0.15) is 0 Å². The molecule has 1 aromatic carbocycles. The third kappa shape index (κ3) is 6.78.